The minimum absolute atomic E-state index is 0.182. The lowest BCUT2D eigenvalue weighted by atomic mass is 10.3. The first kappa shape index (κ1) is 8.81. The van der Waals surface area contributed by atoms with Gasteiger partial charge in [-0.25, -0.2) is 4.39 Å². The smallest absolute Gasteiger partial charge is 0.180 e. The van der Waals surface area contributed by atoms with Crippen molar-refractivity contribution in [2.45, 2.75) is 0 Å². The molecule has 1 rings (SSSR count). The van der Waals surface area contributed by atoms with Crippen LogP contribution >= 0.6 is 27.5 Å². The molecule has 0 aliphatic carbocycles. The van der Waals surface area contributed by atoms with Crippen molar-refractivity contribution in [3.8, 4) is 5.75 Å². The molecular formula is C7H5BrClFO. The van der Waals surface area contributed by atoms with Crippen LogP contribution in [0.4, 0.5) is 4.39 Å². The first-order valence-electron chi connectivity index (χ1n) is 2.84. The largest absolute Gasteiger partial charge is 0.494 e. The Morgan fingerprint density at radius 2 is 2.18 bits per heavy atom. The Morgan fingerprint density at radius 3 is 2.73 bits per heavy atom. The molecule has 1 nitrogen and oxygen atoms in total. The molecule has 0 unspecified atom stereocenters. The second-order valence-corrected chi connectivity index (χ2v) is 3.08. The molecule has 0 radical (unpaired) electrons. The third-order valence-electron chi connectivity index (χ3n) is 1.22. The average molecular weight is 239 g/mol. The van der Waals surface area contributed by atoms with Crippen LogP contribution in [-0.4, -0.2) is 7.11 Å². The number of halogens is 3. The standard InChI is InChI=1S/C7H5BrClFO/c1-11-5-3-2-4(9)6(8)7(5)10/h2-3H,1H3. The van der Waals surface area contributed by atoms with Gasteiger partial charge >= 0.3 is 0 Å². The lowest BCUT2D eigenvalue weighted by Gasteiger charge is -2.03. The van der Waals surface area contributed by atoms with Crippen molar-refractivity contribution in [2.24, 2.45) is 0 Å². The Kier molecular flexibility index (Phi) is 2.73. The summed E-state index contributed by atoms with van der Waals surface area (Å²) < 4.78 is 18.0. The summed E-state index contributed by atoms with van der Waals surface area (Å²) in [7, 11) is 1.40. The fraction of sp³-hybridized carbons (Fsp3) is 0.143. The highest BCUT2D eigenvalue weighted by Crippen LogP contribution is 2.31. The van der Waals surface area contributed by atoms with Gasteiger partial charge in [-0.3, -0.25) is 0 Å². The van der Waals surface area contributed by atoms with E-state index in [0.717, 1.165) is 0 Å². The van der Waals surface area contributed by atoms with Crippen LogP contribution in [0.25, 0.3) is 0 Å². The molecule has 0 spiro atoms. The van der Waals surface area contributed by atoms with E-state index in [4.69, 9.17) is 16.3 Å². The maximum absolute atomic E-state index is 13.0. The first-order chi connectivity index (χ1) is 5.16. The molecule has 11 heavy (non-hydrogen) atoms. The Labute approximate surface area is 77.2 Å². The van der Waals surface area contributed by atoms with Gasteiger partial charge in [0.25, 0.3) is 0 Å². The van der Waals surface area contributed by atoms with Crippen molar-refractivity contribution in [1.29, 1.82) is 0 Å². The summed E-state index contributed by atoms with van der Waals surface area (Å²) >= 11 is 8.58. The van der Waals surface area contributed by atoms with E-state index in [2.05, 4.69) is 15.9 Å². The fourth-order valence-corrected chi connectivity index (χ4v) is 1.14. The molecule has 0 heterocycles. The van der Waals surface area contributed by atoms with Crippen molar-refractivity contribution in [3.05, 3.63) is 27.4 Å². The molecule has 0 fully saturated rings. The Morgan fingerprint density at radius 1 is 1.55 bits per heavy atom. The van der Waals surface area contributed by atoms with E-state index < -0.39 is 5.82 Å². The number of rotatable bonds is 1. The highest BCUT2D eigenvalue weighted by atomic mass is 79.9. The van der Waals surface area contributed by atoms with Crippen LogP contribution in [0.2, 0.25) is 5.02 Å². The third-order valence-corrected chi connectivity index (χ3v) is 2.54. The zero-order valence-electron chi connectivity index (χ0n) is 5.70. The van der Waals surface area contributed by atoms with Crippen molar-refractivity contribution >= 4 is 27.5 Å². The molecule has 0 bridgehead atoms. The lowest BCUT2D eigenvalue weighted by Crippen LogP contribution is -1.88. The second-order valence-electron chi connectivity index (χ2n) is 1.88. The minimum atomic E-state index is -0.472. The zero-order valence-corrected chi connectivity index (χ0v) is 8.04. The monoisotopic (exact) mass is 238 g/mol. The second kappa shape index (κ2) is 3.41. The Balaban J connectivity index is 3.25. The van der Waals surface area contributed by atoms with Gasteiger partial charge in [-0.15, -0.1) is 0 Å². The molecule has 0 saturated heterocycles. The number of hydrogen-bond acceptors (Lipinski definition) is 1. The molecule has 4 heteroatoms. The van der Waals surface area contributed by atoms with E-state index in [1.54, 1.807) is 6.07 Å². The third kappa shape index (κ3) is 1.65. The zero-order chi connectivity index (χ0) is 8.43. The highest BCUT2D eigenvalue weighted by Gasteiger charge is 2.09. The average Bonchev–Trinajstić information content (AvgIpc) is 2.01. The quantitative estimate of drug-likeness (QED) is 0.684. The Bertz CT molecular complexity index is 277. The van der Waals surface area contributed by atoms with Crippen molar-refractivity contribution in [1.82, 2.24) is 0 Å². The van der Waals surface area contributed by atoms with Crippen LogP contribution in [0.5, 0.6) is 5.75 Å². The molecule has 0 amide bonds. The van der Waals surface area contributed by atoms with Gasteiger partial charge in [0.05, 0.1) is 16.6 Å². The summed E-state index contributed by atoms with van der Waals surface area (Å²) in [4.78, 5) is 0. The molecule has 0 aliphatic heterocycles. The maximum atomic E-state index is 13.0. The van der Waals surface area contributed by atoms with Crippen LogP contribution in [0, 0.1) is 5.82 Å². The van der Waals surface area contributed by atoms with Crippen LogP contribution in [0.15, 0.2) is 16.6 Å². The summed E-state index contributed by atoms with van der Waals surface area (Å²) in [5.74, 6) is -0.290. The minimum Gasteiger partial charge on any atom is -0.494 e. The van der Waals surface area contributed by atoms with Gasteiger partial charge in [0, 0.05) is 0 Å². The molecule has 0 aliphatic rings. The van der Waals surface area contributed by atoms with E-state index in [0.29, 0.717) is 5.02 Å². The summed E-state index contributed by atoms with van der Waals surface area (Å²) in [6.45, 7) is 0. The first-order valence-corrected chi connectivity index (χ1v) is 4.01. The predicted molar refractivity (Wildman–Crippen MR) is 45.7 cm³/mol. The van der Waals surface area contributed by atoms with Crippen LogP contribution in [-0.2, 0) is 0 Å². The maximum Gasteiger partial charge on any atom is 0.180 e. The van der Waals surface area contributed by atoms with Gasteiger partial charge in [-0.1, -0.05) is 11.6 Å². The van der Waals surface area contributed by atoms with Gasteiger partial charge in [-0.2, -0.15) is 0 Å². The summed E-state index contributed by atoms with van der Waals surface area (Å²) in [5.41, 5.74) is 0. The van der Waals surface area contributed by atoms with Gasteiger partial charge in [0.2, 0.25) is 0 Å². The van der Waals surface area contributed by atoms with Crippen LogP contribution in [0.3, 0.4) is 0 Å². The van der Waals surface area contributed by atoms with E-state index in [9.17, 15) is 4.39 Å². The topological polar surface area (TPSA) is 9.23 Å². The number of methoxy groups -OCH3 is 1. The van der Waals surface area contributed by atoms with Crippen molar-refractivity contribution < 1.29 is 9.13 Å². The summed E-state index contributed by atoms with van der Waals surface area (Å²) in [6, 6.07) is 3.04. The number of hydrogen-bond donors (Lipinski definition) is 0. The number of benzene rings is 1. The van der Waals surface area contributed by atoms with Crippen molar-refractivity contribution in [2.75, 3.05) is 7.11 Å². The van der Waals surface area contributed by atoms with Gasteiger partial charge in [-0.05, 0) is 28.1 Å². The molecular weight excluding hydrogens is 234 g/mol. The molecule has 0 atom stereocenters. The SMILES string of the molecule is COc1ccc(Cl)c(Br)c1F. The predicted octanol–water partition coefficient (Wildman–Crippen LogP) is 3.25. The fourth-order valence-electron chi connectivity index (χ4n) is 0.666. The van der Waals surface area contributed by atoms with Crippen LogP contribution in [0.1, 0.15) is 0 Å². The number of ether oxygens (including phenoxy) is 1. The molecule has 1 aromatic rings. The molecule has 60 valence electrons. The van der Waals surface area contributed by atoms with E-state index >= 15 is 0 Å². The lowest BCUT2D eigenvalue weighted by molar-refractivity contribution is 0.385. The summed E-state index contributed by atoms with van der Waals surface area (Å²) in [6.07, 6.45) is 0. The molecule has 1 aromatic carbocycles. The van der Waals surface area contributed by atoms with E-state index in [1.165, 1.54) is 13.2 Å². The highest BCUT2D eigenvalue weighted by molar-refractivity contribution is 9.10. The Hall–Kier alpha value is -0.280. The van der Waals surface area contributed by atoms with Crippen molar-refractivity contribution in [3.63, 3.8) is 0 Å². The van der Waals surface area contributed by atoms with Gasteiger partial charge < -0.3 is 4.74 Å². The molecule has 0 N–H and O–H groups in total. The summed E-state index contributed by atoms with van der Waals surface area (Å²) in [5, 5.41) is 0.336. The molecule has 0 aromatic heterocycles. The molecule has 0 saturated carbocycles. The van der Waals surface area contributed by atoms with Crippen LogP contribution < -0.4 is 4.74 Å². The van der Waals surface area contributed by atoms with E-state index in [-0.39, 0.29) is 10.2 Å². The van der Waals surface area contributed by atoms with E-state index in [1.807, 2.05) is 0 Å². The van der Waals surface area contributed by atoms with Gasteiger partial charge in [0.1, 0.15) is 0 Å². The normalized spacial score (nSPS) is 9.82. The van der Waals surface area contributed by atoms with Gasteiger partial charge in [0.15, 0.2) is 11.6 Å².